The number of sulfonamides is 1. The van der Waals surface area contributed by atoms with E-state index in [-0.39, 0.29) is 35.8 Å². The molecule has 2 heterocycles. The largest absolute Gasteiger partial charge is 0.339 e. The van der Waals surface area contributed by atoms with E-state index in [4.69, 9.17) is 0 Å². The maximum Gasteiger partial charge on any atom is 0.253 e. The second kappa shape index (κ2) is 8.52. The number of halogens is 1. The van der Waals surface area contributed by atoms with Crippen molar-refractivity contribution in [2.75, 3.05) is 13.6 Å². The number of amides is 1. The summed E-state index contributed by atoms with van der Waals surface area (Å²) in [6.45, 7) is 3.65. The van der Waals surface area contributed by atoms with Gasteiger partial charge in [-0.15, -0.1) is 19.0 Å². The minimum atomic E-state index is -3.64. The van der Waals surface area contributed by atoms with Crippen molar-refractivity contribution in [3.8, 4) is 0 Å². The van der Waals surface area contributed by atoms with Gasteiger partial charge in [-0.2, -0.15) is 0 Å². The first-order chi connectivity index (χ1) is 11.9. The topological polar surface area (TPSA) is 78.5 Å². The van der Waals surface area contributed by atoms with Crippen molar-refractivity contribution >= 4 is 28.3 Å². The lowest BCUT2D eigenvalue weighted by atomic mass is 9.98. The Kier molecular flexibility index (Phi) is 6.85. The van der Waals surface area contributed by atoms with Gasteiger partial charge in [-0.3, -0.25) is 4.79 Å². The van der Waals surface area contributed by atoms with Gasteiger partial charge in [0, 0.05) is 37.3 Å². The molecule has 26 heavy (non-hydrogen) atoms. The highest BCUT2D eigenvalue weighted by molar-refractivity contribution is 7.89. The Morgan fingerprint density at radius 2 is 2.00 bits per heavy atom. The van der Waals surface area contributed by atoms with Crippen LogP contribution in [0.4, 0.5) is 0 Å². The maximum atomic E-state index is 12.8. The lowest BCUT2D eigenvalue weighted by molar-refractivity contribution is 0.0681. The van der Waals surface area contributed by atoms with Gasteiger partial charge in [0.2, 0.25) is 10.0 Å². The first-order valence-corrected chi connectivity index (χ1v) is 10.1. The number of carbonyl (C=O) groups is 1. The van der Waals surface area contributed by atoms with Gasteiger partial charge in [-0.1, -0.05) is 12.1 Å². The normalized spacial score (nSPS) is 24.6. The number of hydrogen-bond acceptors (Lipinski definition) is 4. The SMILES string of the molecule is C=CCNS(=O)(=O)c1cccc(C(=O)N(C)C2CC3CCC(C2)N3)c1.Cl. The summed E-state index contributed by atoms with van der Waals surface area (Å²) in [5, 5.41) is 3.57. The molecule has 1 aromatic rings. The van der Waals surface area contributed by atoms with E-state index in [1.807, 2.05) is 7.05 Å². The Labute approximate surface area is 161 Å². The van der Waals surface area contributed by atoms with Crippen molar-refractivity contribution < 1.29 is 13.2 Å². The fourth-order valence-electron chi connectivity index (χ4n) is 3.76. The van der Waals surface area contributed by atoms with Gasteiger partial charge in [0.1, 0.15) is 0 Å². The zero-order valence-electron chi connectivity index (χ0n) is 14.8. The minimum Gasteiger partial charge on any atom is -0.339 e. The maximum absolute atomic E-state index is 12.8. The van der Waals surface area contributed by atoms with Gasteiger partial charge in [0.15, 0.2) is 0 Å². The smallest absolute Gasteiger partial charge is 0.253 e. The summed E-state index contributed by atoms with van der Waals surface area (Å²) in [5.74, 6) is -0.132. The molecule has 6 nitrogen and oxygen atoms in total. The van der Waals surface area contributed by atoms with E-state index in [2.05, 4.69) is 16.6 Å². The van der Waals surface area contributed by atoms with Crippen molar-refractivity contribution in [2.24, 2.45) is 0 Å². The van der Waals surface area contributed by atoms with Crippen LogP contribution >= 0.6 is 12.4 Å². The first kappa shape index (κ1) is 20.9. The highest BCUT2D eigenvalue weighted by Crippen LogP contribution is 2.30. The summed E-state index contributed by atoms with van der Waals surface area (Å²) in [6, 6.07) is 7.40. The van der Waals surface area contributed by atoms with Gasteiger partial charge in [-0.25, -0.2) is 13.1 Å². The molecule has 2 fully saturated rings. The van der Waals surface area contributed by atoms with Crippen LogP contribution in [0, 0.1) is 0 Å². The number of piperidine rings is 1. The average Bonchev–Trinajstić information content (AvgIpc) is 2.96. The van der Waals surface area contributed by atoms with Crippen LogP contribution in [0.25, 0.3) is 0 Å². The van der Waals surface area contributed by atoms with E-state index in [1.54, 1.807) is 17.0 Å². The van der Waals surface area contributed by atoms with Crippen LogP contribution < -0.4 is 10.0 Å². The molecule has 2 unspecified atom stereocenters. The summed E-state index contributed by atoms with van der Waals surface area (Å²) >= 11 is 0. The predicted octanol–water partition coefficient (Wildman–Crippen LogP) is 1.93. The molecule has 0 aromatic heterocycles. The Balaban J connectivity index is 0.00000243. The van der Waals surface area contributed by atoms with E-state index in [0.29, 0.717) is 17.6 Å². The molecule has 1 aromatic carbocycles. The molecule has 0 saturated carbocycles. The first-order valence-electron chi connectivity index (χ1n) is 8.64. The molecule has 2 aliphatic heterocycles. The summed E-state index contributed by atoms with van der Waals surface area (Å²) in [7, 11) is -1.82. The monoisotopic (exact) mass is 399 g/mol. The Morgan fingerprint density at radius 1 is 1.35 bits per heavy atom. The van der Waals surface area contributed by atoms with Gasteiger partial charge in [0.05, 0.1) is 4.90 Å². The number of hydrogen-bond donors (Lipinski definition) is 2. The second-order valence-electron chi connectivity index (χ2n) is 6.85. The van der Waals surface area contributed by atoms with Gasteiger partial charge in [-0.05, 0) is 43.9 Å². The summed E-state index contributed by atoms with van der Waals surface area (Å²) in [6.07, 6.45) is 5.73. The number of nitrogens with one attached hydrogen (secondary N) is 2. The van der Waals surface area contributed by atoms with Gasteiger partial charge < -0.3 is 10.2 Å². The standard InChI is InChI=1S/C18H25N3O3S.ClH/c1-3-9-19-25(23,24)17-6-4-5-13(10-17)18(22)21(2)16-11-14-7-8-15(12-16)20-14;/h3-6,10,14-16,19-20H,1,7-9,11-12H2,2H3;1H. The van der Waals surface area contributed by atoms with E-state index < -0.39 is 10.0 Å². The molecule has 2 saturated heterocycles. The van der Waals surface area contributed by atoms with Crippen LogP contribution in [-0.4, -0.2) is 50.9 Å². The zero-order chi connectivity index (χ0) is 18.0. The third-order valence-electron chi connectivity index (χ3n) is 5.13. The predicted molar refractivity (Wildman–Crippen MR) is 104 cm³/mol. The number of benzene rings is 1. The van der Waals surface area contributed by atoms with Crippen LogP contribution in [0.1, 0.15) is 36.0 Å². The molecule has 0 spiro atoms. The van der Waals surface area contributed by atoms with Crippen LogP contribution in [0.2, 0.25) is 0 Å². The van der Waals surface area contributed by atoms with Crippen LogP contribution in [0.3, 0.4) is 0 Å². The lowest BCUT2D eigenvalue weighted by Crippen LogP contribution is -2.48. The molecule has 144 valence electrons. The highest BCUT2D eigenvalue weighted by atomic mass is 35.5. The van der Waals surface area contributed by atoms with Crippen molar-refractivity contribution in [1.82, 2.24) is 14.9 Å². The molecule has 0 radical (unpaired) electrons. The molecule has 2 atom stereocenters. The number of fused-ring (bicyclic) bond motifs is 2. The molecule has 2 N–H and O–H groups in total. The van der Waals surface area contributed by atoms with E-state index >= 15 is 0 Å². The molecular formula is C18H26ClN3O3S. The molecule has 1 amide bonds. The molecule has 8 heteroatoms. The van der Waals surface area contributed by atoms with Gasteiger partial charge >= 0.3 is 0 Å². The molecule has 2 bridgehead atoms. The average molecular weight is 400 g/mol. The van der Waals surface area contributed by atoms with Crippen LogP contribution in [0.5, 0.6) is 0 Å². The summed E-state index contributed by atoms with van der Waals surface area (Å²) < 4.78 is 26.9. The van der Waals surface area contributed by atoms with Crippen molar-refractivity contribution in [1.29, 1.82) is 0 Å². The van der Waals surface area contributed by atoms with E-state index in [9.17, 15) is 13.2 Å². The Morgan fingerprint density at radius 3 is 2.62 bits per heavy atom. The molecule has 3 rings (SSSR count). The Hall–Kier alpha value is -1.41. The van der Waals surface area contributed by atoms with E-state index in [1.165, 1.54) is 31.1 Å². The second-order valence-corrected chi connectivity index (χ2v) is 8.61. The van der Waals surface area contributed by atoms with Gasteiger partial charge in [0.25, 0.3) is 5.91 Å². The fourth-order valence-corrected chi connectivity index (χ4v) is 4.80. The third kappa shape index (κ3) is 4.46. The van der Waals surface area contributed by atoms with Crippen LogP contribution in [-0.2, 0) is 10.0 Å². The number of rotatable bonds is 6. The summed E-state index contributed by atoms with van der Waals surface area (Å²) in [4.78, 5) is 14.7. The molecule has 0 aliphatic carbocycles. The third-order valence-corrected chi connectivity index (χ3v) is 6.55. The quantitative estimate of drug-likeness (QED) is 0.716. The lowest BCUT2D eigenvalue weighted by Gasteiger charge is -2.35. The number of carbonyl (C=O) groups excluding carboxylic acids is 1. The van der Waals surface area contributed by atoms with Crippen molar-refractivity contribution in [3.63, 3.8) is 0 Å². The van der Waals surface area contributed by atoms with Crippen molar-refractivity contribution in [2.45, 2.75) is 48.7 Å². The minimum absolute atomic E-state index is 0. The number of nitrogens with zero attached hydrogens (tertiary/aromatic N) is 1. The van der Waals surface area contributed by atoms with E-state index in [0.717, 1.165) is 12.8 Å². The molecule has 2 aliphatic rings. The summed E-state index contributed by atoms with van der Waals surface area (Å²) in [5.41, 5.74) is 0.398. The zero-order valence-corrected chi connectivity index (χ0v) is 16.5. The van der Waals surface area contributed by atoms with Crippen molar-refractivity contribution in [3.05, 3.63) is 42.5 Å². The fraction of sp³-hybridized carbons (Fsp3) is 0.500. The van der Waals surface area contributed by atoms with Crippen LogP contribution in [0.15, 0.2) is 41.8 Å². The highest BCUT2D eigenvalue weighted by Gasteiger charge is 2.36. The Bertz CT molecular complexity index is 757. The molecular weight excluding hydrogens is 374 g/mol.